The van der Waals surface area contributed by atoms with E-state index in [1.165, 1.54) is 7.11 Å². The van der Waals surface area contributed by atoms with Crippen LogP contribution in [0.25, 0.3) is 0 Å². The predicted octanol–water partition coefficient (Wildman–Crippen LogP) is 4.02. The minimum atomic E-state index is -4.85. The van der Waals surface area contributed by atoms with Crippen LogP contribution in [0.4, 0.5) is 5.69 Å². The van der Waals surface area contributed by atoms with Crippen molar-refractivity contribution in [1.82, 2.24) is 0 Å². The van der Waals surface area contributed by atoms with E-state index in [9.17, 15) is 23.1 Å². The van der Waals surface area contributed by atoms with Gasteiger partial charge in [0.2, 0.25) is 5.75 Å². The van der Waals surface area contributed by atoms with Gasteiger partial charge in [-0.15, -0.1) is 0 Å². The molecule has 0 aliphatic carbocycles. The molecule has 0 aromatic heterocycles. The second kappa shape index (κ2) is 10.8. The van der Waals surface area contributed by atoms with E-state index in [2.05, 4.69) is 0 Å². The van der Waals surface area contributed by atoms with Crippen molar-refractivity contribution in [3.8, 4) is 17.2 Å². The summed E-state index contributed by atoms with van der Waals surface area (Å²) in [6, 6.07) is 4.92. The van der Waals surface area contributed by atoms with Gasteiger partial charge in [0.05, 0.1) is 49.1 Å². The van der Waals surface area contributed by atoms with Gasteiger partial charge in [0.1, 0.15) is 10.1 Å². The highest BCUT2D eigenvalue weighted by molar-refractivity contribution is 7.99. The monoisotopic (exact) mass is 512 g/mol. The number of aryl methyl sites for hydroxylation is 1. The Bertz CT molecular complexity index is 1170. The summed E-state index contributed by atoms with van der Waals surface area (Å²) < 4.78 is 57.9. The van der Waals surface area contributed by atoms with Gasteiger partial charge in [-0.25, -0.2) is 8.42 Å². The fourth-order valence-electron chi connectivity index (χ4n) is 4.01. The van der Waals surface area contributed by atoms with Gasteiger partial charge in [-0.05, 0) is 43.2 Å². The van der Waals surface area contributed by atoms with E-state index >= 15 is 0 Å². The Kier molecular flexibility index (Phi) is 8.29. The third-order valence-corrected chi connectivity index (χ3v) is 7.80. The normalized spacial score (nSPS) is 16.8. The number of benzene rings is 2. The summed E-state index contributed by atoms with van der Waals surface area (Å²) in [5.74, 6) is 2.40. The van der Waals surface area contributed by atoms with Gasteiger partial charge >= 0.3 is 0 Å². The molecule has 0 spiro atoms. The van der Waals surface area contributed by atoms with Gasteiger partial charge in [0.15, 0.2) is 11.5 Å². The number of ether oxygens (including phenoxy) is 4. The number of thioether (sulfide) groups is 1. The first kappa shape index (κ1) is 26.1. The van der Waals surface area contributed by atoms with Crippen LogP contribution >= 0.6 is 11.8 Å². The molecule has 2 unspecified atom stereocenters. The molecule has 1 aliphatic heterocycles. The van der Waals surface area contributed by atoms with Crippen LogP contribution in [0, 0.1) is 10.1 Å². The second-order valence-electron chi connectivity index (χ2n) is 7.59. The molecular weight excluding hydrogens is 486 g/mol. The van der Waals surface area contributed by atoms with E-state index in [-0.39, 0.29) is 23.1 Å². The van der Waals surface area contributed by atoms with Gasteiger partial charge < -0.3 is 23.5 Å². The van der Waals surface area contributed by atoms with Crippen molar-refractivity contribution in [1.29, 1.82) is 0 Å². The molecule has 2 aromatic carbocycles. The molecule has 34 heavy (non-hydrogen) atoms. The molecule has 2 aromatic rings. The van der Waals surface area contributed by atoms with Gasteiger partial charge in [-0.2, -0.15) is 11.8 Å². The molecule has 0 bridgehead atoms. The predicted molar refractivity (Wildman–Crippen MR) is 125 cm³/mol. The lowest BCUT2D eigenvalue weighted by Gasteiger charge is -2.25. The van der Waals surface area contributed by atoms with Crippen LogP contribution in [0.15, 0.2) is 29.2 Å². The summed E-state index contributed by atoms with van der Waals surface area (Å²) in [5.41, 5.74) is 1.54. The second-order valence-corrected chi connectivity index (χ2v) is 10.2. The van der Waals surface area contributed by atoms with Crippen LogP contribution in [0.2, 0.25) is 0 Å². The first-order valence-corrected chi connectivity index (χ1v) is 12.9. The highest BCUT2D eigenvalue weighted by Crippen LogP contribution is 2.49. The number of nitrogens with zero attached hydrogens (tertiary/aromatic N) is 1. The topological polar surface area (TPSA) is 137 Å². The number of hydrogen-bond donors (Lipinski definition) is 0. The van der Waals surface area contributed by atoms with E-state index in [0.29, 0.717) is 17.2 Å². The highest BCUT2D eigenvalue weighted by atomic mass is 32.2. The summed E-state index contributed by atoms with van der Waals surface area (Å²) >= 11 is 1.65. The van der Waals surface area contributed by atoms with Gasteiger partial charge in [-0.3, -0.25) is 10.1 Å². The fourth-order valence-corrected chi connectivity index (χ4v) is 5.95. The van der Waals surface area contributed by atoms with Crippen LogP contribution in [0.5, 0.6) is 17.2 Å². The molecule has 12 heteroatoms. The summed E-state index contributed by atoms with van der Waals surface area (Å²) in [6.45, 7) is 1.70. The third-order valence-electron chi connectivity index (χ3n) is 5.59. The summed E-state index contributed by atoms with van der Waals surface area (Å²) in [7, 11) is -0.232. The minimum absolute atomic E-state index is 0.0534. The number of non-ortho nitro benzene ring substituents is 1. The Morgan fingerprint density at radius 1 is 1.15 bits per heavy atom. The number of rotatable bonds is 9. The van der Waals surface area contributed by atoms with Crippen LogP contribution in [-0.2, 0) is 21.3 Å². The summed E-state index contributed by atoms with van der Waals surface area (Å²) in [5, 5.41) is 11.0. The van der Waals surface area contributed by atoms with Crippen molar-refractivity contribution in [3.63, 3.8) is 0 Å². The maximum Gasteiger partial charge on any atom is 0.269 e. The fraction of sp³-hybridized carbons (Fsp3) is 0.455. The number of hydrogen-bond acceptors (Lipinski definition) is 10. The number of nitro benzene ring substituents is 1. The van der Waals surface area contributed by atoms with Crippen molar-refractivity contribution in [2.45, 2.75) is 36.0 Å². The van der Waals surface area contributed by atoms with Gasteiger partial charge in [0.25, 0.3) is 5.69 Å². The smallest absolute Gasteiger partial charge is 0.269 e. The van der Waals surface area contributed by atoms with Crippen LogP contribution < -0.4 is 14.2 Å². The average Bonchev–Trinajstić information content (AvgIpc) is 3.01. The molecule has 1 heterocycles. The molecule has 186 valence electrons. The average molecular weight is 513 g/mol. The van der Waals surface area contributed by atoms with Crippen LogP contribution in [-0.4, -0.2) is 51.6 Å². The maximum absolute atomic E-state index is 11.7. The van der Waals surface area contributed by atoms with E-state index in [1.54, 1.807) is 32.9 Å². The van der Waals surface area contributed by atoms with E-state index in [1.807, 2.05) is 6.07 Å². The standard InChI is InChI=1S/C22H27NO9S2/c1-13(16-11-15(23(24)25)7-8-19(16)34(26,27)28)32-12-18-20-14(6-5-9-33-18)10-17(29-2)21(30-3)22(20)31-4/h7-8,10-11,13,18H,5-6,9,12H2,1-4H3,(H,26,27,28)/p-1. The van der Waals surface area contributed by atoms with Crippen molar-refractivity contribution in [3.05, 3.63) is 51.1 Å². The Labute approximate surface area is 202 Å². The molecule has 1 aliphatic rings. The lowest BCUT2D eigenvalue weighted by molar-refractivity contribution is -0.385. The molecule has 10 nitrogen and oxygen atoms in total. The number of fused-ring (bicyclic) bond motifs is 1. The van der Waals surface area contributed by atoms with Crippen molar-refractivity contribution in [2.24, 2.45) is 0 Å². The zero-order valence-electron chi connectivity index (χ0n) is 19.2. The van der Waals surface area contributed by atoms with Crippen molar-refractivity contribution < 1.29 is 36.8 Å². The Hall–Kier alpha value is -2.54. The summed E-state index contributed by atoms with van der Waals surface area (Å²) in [6.07, 6.45) is 0.831. The number of methoxy groups -OCH3 is 3. The molecule has 0 amide bonds. The minimum Gasteiger partial charge on any atom is -0.744 e. The zero-order chi connectivity index (χ0) is 25.0. The zero-order valence-corrected chi connectivity index (χ0v) is 20.9. The molecule has 3 rings (SSSR count). The lowest BCUT2D eigenvalue weighted by atomic mass is 9.98. The van der Waals surface area contributed by atoms with Gasteiger partial charge in [0, 0.05) is 23.3 Å². The highest BCUT2D eigenvalue weighted by Gasteiger charge is 2.30. The quantitative estimate of drug-likeness (QED) is 0.275. The van der Waals surface area contributed by atoms with Crippen molar-refractivity contribution >= 4 is 27.6 Å². The number of nitro groups is 1. The Morgan fingerprint density at radius 2 is 1.85 bits per heavy atom. The summed E-state index contributed by atoms with van der Waals surface area (Å²) in [4.78, 5) is 10.0. The van der Waals surface area contributed by atoms with Crippen LogP contribution in [0.3, 0.4) is 0 Å². The lowest BCUT2D eigenvalue weighted by Crippen LogP contribution is -2.14. The molecule has 0 N–H and O–H groups in total. The first-order chi connectivity index (χ1) is 16.1. The first-order valence-electron chi connectivity index (χ1n) is 10.4. The largest absolute Gasteiger partial charge is 0.744 e. The molecule has 0 saturated carbocycles. The van der Waals surface area contributed by atoms with Gasteiger partial charge in [-0.1, -0.05) is 0 Å². The van der Waals surface area contributed by atoms with E-state index in [4.69, 9.17) is 18.9 Å². The SMILES string of the molecule is COc1cc2c(c(OC)c1OC)C(COC(C)c1cc([N+](=O)[O-])ccc1S(=O)(=O)[O-])SCCC2. The third kappa shape index (κ3) is 5.40. The Morgan fingerprint density at radius 3 is 2.44 bits per heavy atom. The van der Waals surface area contributed by atoms with Crippen molar-refractivity contribution in [2.75, 3.05) is 33.7 Å². The molecule has 2 atom stereocenters. The van der Waals surface area contributed by atoms with E-state index in [0.717, 1.165) is 47.9 Å². The van der Waals surface area contributed by atoms with Crippen LogP contribution in [0.1, 0.15) is 41.4 Å². The molecule has 0 radical (unpaired) electrons. The Balaban J connectivity index is 1.97. The maximum atomic E-state index is 11.7. The molecular formula is C22H26NO9S2-. The van der Waals surface area contributed by atoms with E-state index < -0.39 is 26.0 Å². The molecule has 0 saturated heterocycles. The molecule has 0 fully saturated rings.